The SMILES string of the molecule is CCCCCCC(=O)N(CC)C(C)c1nc2ccccc2c(=O)n1-c1ccc(CC)cc1. The van der Waals surface area contributed by atoms with Gasteiger partial charge in [0, 0.05) is 13.0 Å². The fourth-order valence-corrected chi connectivity index (χ4v) is 4.21. The number of hydrogen-bond acceptors (Lipinski definition) is 3. The van der Waals surface area contributed by atoms with Crippen LogP contribution in [0.15, 0.2) is 53.3 Å². The Kier molecular flexibility index (Phi) is 8.20. The van der Waals surface area contributed by atoms with E-state index in [-0.39, 0.29) is 17.5 Å². The Bertz CT molecular complexity index is 1100. The smallest absolute Gasteiger partial charge is 0.266 e. The molecule has 0 radical (unpaired) electrons. The molecule has 5 heteroatoms. The predicted octanol–water partition coefficient (Wildman–Crippen LogP) is 5.83. The second-order valence-electron chi connectivity index (χ2n) is 8.31. The molecule has 2 aromatic carbocycles. The minimum absolute atomic E-state index is 0.104. The van der Waals surface area contributed by atoms with Crippen molar-refractivity contribution in [3.8, 4) is 5.69 Å². The highest BCUT2D eigenvalue weighted by Crippen LogP contribution is 2.24. The van der Waals surface area contributed by atoms with Crippen LogP contribution in [0.1, 0.15) is 77.2 Å². The second kappa shape index (κ2) is 11.1. The first-order valence-corrected chi connectivity index (χ1v) is 11.9. The van der Waals surface area contributed by atoms with Crippen LogP contribution in [-0.2, 0) is 11.2 Å². The molecular weight excluding hydrogens is 398 g/mol. The van der Waals surface area contributed by atoms with Crippen molar-refractivity contribution >= 4 is 16.8 Å². The van der Waals surface area contributed by atoms with Crippen LogP contribution in [0, 0.1) is 0 Å². The topological polar surface area (TPSA) is 55.2 Å². The standard InChI is InChI=1S/C27H35N3O2/c1-5-8-9-10-15-25(31)29(7-3)20(4)26-28-24-14-12-11-13-23(24)27(32)30(26)22-18-16-21(6-2)17-19-22/h11-14,16-20H,5-10,15H2,1-4H3. The Morgan fingerprint density at radius 2 is 1.72 bits per heavy atom. The molecule has 1 heterocycles. The monoisotopic (exact) mass is 433 g/mol. The second-order valence-corrected chi connectivity index (χ2v) is 8.31. The number of unbranched alkanes of at least 4 members (excludes halogenated alkanes) is 3. The van der Waals surface area contributed by atoms with Gasteiger partial charge in [-0.15, -0.1) is 0 Å². The Morgan fingerprint density at radius 1 is 1.00 bits per heavy atom. The maximum Gasteiger partial charge on any atom is 0.266 e. The molecule has 5 nitrogen and oxygen atoms in total. The van der Waals surface area contributed by atoms with E-state index in [9.17, 15) is 9.59 Å². The van der Waals surface area contributed by atoms with Crippen LogP contribution in [0.4, 0.5) is 0 Å². The van der Waals surface area contributed by atoms with Gasteiger partial charge in [0.2, 0.25) is 5.91 Å². The summed E-state index contributed by atoms with van der Waals surface area (Å²) in [4.78, 5) is 33.3. The maximum absolute atomic E-state index is 13.6. The molecule has 0 N–H and O–H groups in total. The Morgan fingerprint density at radius 3 is 2.38 bits per heavy atom. The van der Waals surface area contributed by atoms with Crippen molar-refractivity contribution < 1.29 is 4.79 Å². The lowest BCUT2D eigenvalue weighted by Gasteiger charge is -2.29. The quantitative estimate of drug-likeness (QED) is 0.378. The summed E-state index contributed by atoms with van der Waals surface area (Å²) in [6.07, 6.45) is 5.72. The lowest BCUT2D eigenvalue weighted by Crippen LogP contribution is -2.37. The van der Waals surface area contributed by atoms with Gasteiger partial charge in [0.15, 0.2) is 0 Å². The molecule has 0 bridgehead atoms. The van der Waals surface area contributed by atoms with Crippen LogP contribution in [0.3, 0.4) is 0 Å². The van der Waals surface area contributed by atoms with Crippen molar-refractivity contribution in [3.05, 3.63) is 70.3 Å². The van der Waals surface area contributed by atoms with E-state index in [2.05, 4.69) is 13.8 Å². The summed E-state index contributed by atoms with van der Waals surface area (Å²) in [5.74, 6) is 0.716. The maximum atomic E-state index is 13.6. The average molecular weight is 434 g/mol. The zero-order valence-corrected chi connectivity index (χ0v) is 19.8. The van der Waals surface area contributed by atoms with Gasteiger partial charge in [0.1, 0.15) is 5.82 Å². The van der Waals surface area contributed by atoms with Crippen LogP contribution < -0.4 is 5.56 Å². The molecule has 1 unspecified atom stereocenters. The van der Waals surface area contributed by atoms with E-state index in [1.165, 1.54) is 5.56 Å². The number of carbonyl (C=O) groups excluding carboxylic acids is 1. The van der Waals surface area contributed by atoms with Gasteiger partial charge < -0.3 is 4.90 Å². The highest BCUT2D eigenvalue weighted by atomic mass is 16.2. The van der Waals surface area contributed by atoms with Gasteiger partial charge in [-0.2, -0.15) is 0 Å². The number of nitrogens with zero attached hydrogens (tertiary/aromatic N) is 3. The van der Waals surface area contributed by atoms with Gasteiger partial charge in [-0.1, -0.05) is 57.4 Å². The normalized spacial score (nSPS) is 12.1. The lowest BCUT2D eigenvalue weighted by atomic mass is 10.1. The number of benzene rings is 2. The van der Waals surface area contributed by atoms with Crippen molar-refractivity contribution in [2.45, 2.75) is 72.3 Å². The molecule has 1 aromatic heterocycles. The average Bonchev–Trinajstić information content (AvgIpc) is 2.82. The summed E-state index contributed by atoms with van der Waals surface area (Å²) in [7, 11) is 0. The van der Waals surface area contributed by atoms with Crippen molar-refractivity contribution in [2.24, 2.45) is 0 Å². The number of fused-ring (bicyclic) bond motifs is 1. The first-order chi connectivity index (χ1) is 15.5. The number of para-hydroxylation sites is 1. The molecule has 1 amide bonds. The van der Waals surface area contributed by atoms with Crippen LogP contribution in [0.2, 0.25) is 0 Å². The van der Waals surface area contributed by atoms with E-state index in [4.69, 9.17) is 4.98 Å². The molecule has 0 spiro atoms. The third-order valence-corrected chi connectivity index (χ3v) is 6.15. The van der Waals surface area contributed by atoms with Crippen LogP contribution in [-0.4, -0.2) is 26.9 Å². The van der Waals surface area contributed by atoms with Crippen molar-refractivity contribution in [3.63, 3.8) is 0 Å². The van der Waals surface area contributed by atoms with Crippen molar-refractivity contribution in [2.75, 3.05) is 6.54 Å². The van der Waals surface area contributed by atoms with E-state index in [0.29, 0.717) is 29.7 Å². The molecular formula is C27H35N3O2. The summed E-state index contributed by atoms with van der Waals surface area (Å²) in [5.41, 5.74) is 2.54. The molecule has 0 aliphatic carbocycles. The molecule has 1 atom stereocenters. The Hall–Kier alpha value is -2.95. The van der Waals surface area contributed by atoms with Gasteiger partial charge in [-0.3, -0.25) is 14.2 Å². The van der Waals surface area contributed by atoms with Gasteiger partial charge in [-0.05, 0) is 56.5 Å². The van der Waals surface area contributed by atoms with Gasteiger partial charge in [0.25, 0.3) is 5.56 Å². The van der Waals surface area contributed by atoms with E-state index in [1.54, 1.807) is 4.57 Å². The van der Waals surface area contributed by atoms with Crippen LogP contribution in [0.5, 0.6) is 0 Å². The van der Waals surface area contributed by atoms with E-state index in [1.807, 2.05) is 67.3 Å². The van der Waals surface area contributed by atoms with E-state index in [0.717, 1.165) is 37.8 Å². The molecule has 0 saturated heterocycles. The summed E-state index contributed by atoms with van der Waals surface area (Å²) in [5, 5.41) is 0.581. The Balaban J connectivity index is 2.06. The number of rotatable bonds is 10. The zero-order valence-electron chi connectivity index (χ0n) is 19.8. The van der Waals surface area contributed by atoms with Gasteiger partial charge in [0.05, 0.1) is 22.6 Å². The summed E-state index contributed by atoms with van der Waals surface area (Å²) in [6, 6.07) is 15.1. The summed E-state index contributed by atoms with van der Waals surface area (Å²) in [6.45, 7) is 8.81. The first-order valence-electron chi connectivity index (χ1n) is 11.9. The first kappa shape index (κ1) is 23.7. The van der Waals surface area contributed by atoms with Gasteiger partial charge >= 0.3 is 0 Å². The molecule has 0 saturated carbocycles. The molecule has 0 aliphatic heterocycles. The van der Waals surface area contributed by atoms with Crippen LogP contribution in [0.25, 0.3) is 16.6 Å². The van der Waals surface area contributed by atoms with Gasteiger partial charge in [-0.25, -0.2) is 4.98 Å². The molecule has 0 aliphatic rings. The fourth-order valence-electron chi connectivity index (χ4n) is 4.21. The number of carbonyl (C=O) groups is 1. The largest absolute Gasteiger partial charge is 0.333 e. The number of hydrogen-bond donors (Lipinski definition) is 0. The Labute approximate surface area is 191 Å². The minimum Gasteiger partial charge on any atom is -0.333 e. The molecule has 3 aromatic rings. The molecule has 170 valence electrons. The summed E-state index contributed by atoms with van der Waals surface area (Å²) >= 11 is 0. The predicted molar refractivity (Wildman–Crippen MR) is 131 cm³/mol. The van der Waals surface area contributed by atoms with Crippen molar-refractivity contribution in [1.82, 2.24) is 14.5 Å². The molecule has 3 rings (SSSR count). The van der Waals surface area contributed by atoms with Crippen LogP contribution >= 0.6 is 0 Å². The number of aromatic nitrogens is 2. The van der Waals surface area contributed by atoms with Crippen molar-refractivity contribution in [1.29, 1.82) is 0 Å². The number of amides is 1. The van der Waals surface area contributed by atoms with E-state index < -0.39 is 0 Å². The number of aryl methyl sites for hydroxylation is 1. The molecule has 0 fully saturated rings. The highest BCUT2D eigenvalue weighted by molar-refractivity contribution is 5.79. The zero-order chi connectivity index (χ0) is 23.1. The third kappa shape index (κ3) is 5.09. The third-order valence-electron chi connectivity index (χ3n) is 6.15. The fraction of sp³-hybridized carbons (Fsp3) is 0.444. The minimum atomic E-state index is -0.318. The summed E-state index contributed by atoms with van der Waals surface area (Å²) < 4.78 is 1.68. The lowest BCUT2D eigenvalue weighted by molar-refractivity contribution is -0.133. The van der Waals surface area contributed by atoms with E-state index >= 15 is 0 Å². The molecule has 32 heavy (non-hydrogen) atoms. The highest BCUT2D eigenvalue weighted by Gasteiger charge is 2.25.